The molecular weight excluding hydrogens is 359 g/mol. The fraction of sp³-hybridized carbons (Fsp3) is 0.136. The van der Waals surface area contributed by atoms with Crippen LogP contribution in [-0.2, 0) is 6.61 Å². The SMILES string of the molecule is COc1ccc(N/N=C/c2ccc(OCc3ccccc3F)c(OC)c2)cc1. The van der Waals surface area contributed by atoms with Crippen LogP contribution in [0.2, 0.25) is 0 Å². The largest absolute Gasteiger partial charge is 0.497 e. The number of halogens is 1. The van der Waals surface area contributed by atoms with Gasteiger partial charge in [0, 0.05) is 5.56 Å². The van der Waals surface area contributed by atoms with Crippen molar-refractivity contribution in [3.8, 4) is 17.2 Å². The Morgan fingerprint density at radius 1 is 0.929 bits per heavy atom. The summed E-state index contributed by atoms with van der Waals surface area (Å²) in [4.78, 5) is 0. The molecular formula is C22H21FN2O3. The minimum absolute atomic E-state index is 0.121. The summed E-state index contributed by atoms with van der Waals surface area (Å²) in [6.45, 7) is 0.121. The topological polar surface area (TPSA) is 52.1 Å². The lowest BCUT2D eigenvalue weighted by atomic mass is 10.2. The summed E-state index contributed by atoms with van der Waals surface area (Å²) >= 11 is 0. The summed E-state index contributed by atoms with van der Waals surface area (Å²) in [5.74, 6) is 1.57. The molecule has 0 aliphatic carbocycles. The number of benzene rings is 3. The Kier molecular flexibility index (Phi) is 6.46. The lowest BCUT2D eigenvalue weighted by molar-refractivity contribution is 0.279. The summed E-state index contributed by atoms with van der Waals surface area (Å²) in [5, 5.41) is 4.22. The van der Waals surface area contributed by atoms with E-state index in [1.807, 2.05) is 30.3 Å². The molecule has 5 nitrogen and oxygen atoms in total. The second-order valence-electron chi connectivity index (χ2n) is 5.89. The smallest absolute Gasteiger partial charge is 0.161 e. The van der Waals surface area contributed by atoms with Crippen molar-refractivity contribution >= 4 is 11.9 Å². The van der Waals surface area contributed by atoms with Crippen LogP contribution in [0.5, 0.6) is 17.2 Å². The van der Waals surface area contributed by atoms with E-state index in [-0.39, 0.29) is 12.4 Å². The summed E-state index contributed by atoms with van der Waals surface area (Å²) < 4.78 is 29.9. The minimum atomic E-state index is -0.296. The molecule has 0 aliphatic rings. The van der Waals surface area contributed by atoms with Gasteiger partial charge < -0.3 is 14.2 Å². The maximum atomic E-state index is 13.7. The number of hydrazone groups is 1. The molecule has 0 saturated carbocycles. The average molecular weight is 380 g/mol. The lowest BCUT2D eigenvalue weighted by Gasteiger charge is -2.11. The van der Waals surface area contributed by atoms with Crippen LogP contribution in [-0.4, -0.2) is 20.4 Å². The predicted octanol–water partition coefficient (Wildman–Crippen LogP) is 4.87. The van der Waals surface area contributed by atoms with Gasteiger partial charge in [-0.15, -0.1) is 0 Å². The van der Waals surface area contributed by atoms with Crippen LogP contribution in [0.15, 0.2) is 71.8 Å². The van der Waals surface area contributed by atoms with Crippen LogP contribution in [0, 0.1) is 5.82 Å². The van der Waals surface area contributed by atoms with Crippen molar-refractivity contribution in [3.05, 3.63) is 83.7 Å². The zero-order valence-electron chi connectivity index (χ0n) is 15.7. The fourth-order valence-electron chi connectivity index (χ4n) is 2.50. The fourth-order valence-corrected chi connectivity index (χ4v) is 2.50. The molecule has 3 aromatic rings. The van der Waals surface area contributed by atoms with Gasteiger partial charge in [0.2, 0.25) is 0 Å². The summed E-state index contributed by atoms with van der Waals surface area (Å²) in [5.41, 5.74) is 5.11. The maximum absolute atomic E-state index is 13.7. The van der Waals surface area contributed by atoms with Crippen LogP contribution in [0.4, 0.5) is 10.1 Å². The Hall–Kier alpha value is -3.54. The van der Waals surface area contributed by atoms with Crippen LogP contribution in [0.1, 0.15) is 11.1 Å². The van der Waals surface area contributed by atoms with Gasteiger partial charge >= 0.3 is 0 Å². The minimum Gasteiger partial charge on any atom is -0.497 e. The van der Waals surface area contributed by atoms with Crippen LogP contribution in [0.25, 0.3) is 0 Å². The van der Waals surface area contributed by atoms with Crippen LogP contribution < -0.4 is 19.6 Å². The molecule has 3 rings (SSSR count). The number of anilines is 1. The molecule has 0 radical (unpaired) electrons. The average Bonchev–Trinajstić information content (AvgIpc) is 2.74. The van der Waals surface area contributed by atoms with Crippen molar-refractivity contribution in [2.75, 3.05) is 19.6 Å². The molecule has 0 saturated heterocycles. The van der Waals surface area contributed by atoms with E-state index in [4.69, 9.17) is 14.2 Å². The van der Waals surface area contributed by atoms with E-state index in [1.165, 1.54) is 6.07 Å². The van der Waals surface area contributed by atoms with E-state index in [0.717, 1.165) is 17.0 Å². The highest BCUT2D eigenvalue weighted by atomic mass is 19.1. The molecule has 144 valence electrons. The van der Waals surface area contributed by atoms with Crippen molar-refractivity contribution in [2.24, 2.45) is 5.10 Å². The highest BCUT2D eigenvalue weighted by Crippen LogP contribution is 2.28. The Labute approximate surface area is 163 Å². The molecule has 0 unspecified atom stereocenters. The first-order chi connectivity index (χ1) is 13.7. The molecule has 28 heavy (non-hydrogen) atoms. The molecule has 1 N–H and O–H groups in total. The van der Waals surface area contributed by atoms with Gasteiger partial charge in [0.1, 0.15) is 18.2 Å². The van der Waals surface area contributed by atoms with E-state index in [1.54, 1.807) is 50.8 Å². The number of nitrogens with zero attached hydrogens (tertiary/aromatic N) is 1. The zero-order chi connectivity index (χ0) is 19.8. The molecule has 0 spiro atoms. The first-order valence-corrected chi connectivity index (χ1v) is 8.67. The van der Waals surface area contributed by atoms with Gasteiger partial charge in [-0.1, -0.05) is 18.2 Å². The van der Waals surface area contributed by atoms with E-state index in [9.17, 15) is 4.39 Å². The summed E-state index contributed by atoms with van der Waals surface area (Å²) in [6.07, 6.45) is 1.67. The Balaban J connectivity index is 1.64. The van der Waals surface area contributed by atoms with E-state index < -0.39 is 0 Å². The number of nitrogens with one attached hydrogen (secondary N) is 1. The van der Waals surface area contributed by atoms with Gasteiger partial charge in [0.05, 0.1) is 26.1 Å². The highest BCUT2D eigenvalue weighted by Gasteiger charge is 2.07. The standard InChI is InChI=1S/C22H21FN2O3/c1-26-19-10-8-18(9-11-19)25-24-14-16-7-12-21(22(13-16)27-2)28-15-17-5-3-4-6-20(17)23/h3-14,25H,15H2,1-2H3/b24-14+. The van der Waals surface area contributed by atoms with Crippen molar-refractivity contribution < 1.29 is 18.6 Å². The maximum Gasteiger partial charge on any atom is 0.161 e. The van der Waals surface area contributed by atoms with Crippen LogP contribution in [0.3, 0.4) is 0 Å². The number of rotatable bonds is 8. The van der Waals surface area contributed by atoms with Gasteiger partial charge in [-0.25, -0.2) is 4.39 Å². The van der Waals surface area contributed by atoms with E-state index in [2.05, 4.69) is 10.5 Å². The van der Waals surface area contributed by atoms with Gasteiger partial charge in [-0.2, -0.15) is 5.10 Å². The second-order valence-corrected chi connectivity index (χ2v) is 5.89. The number of hydrogen-bond donors (Lipinski definition) is 1. The number of hydrogen-bond acceptors (Lipinski definition) is 5. The molecule has 3 aromatic carbocycles. The summed E-state index contributed by atoms with van der Waals surface area (Å²) in [6, 6.07) is 19.4. The Morgan fingerprint density at radius 3 is 2.43 bits per heavy atom. The molecule has 0 aliphatic heterocycles. The Bertz CT molecular complexity index is 943. The molecule has 6 heteroatoms. The second kappa shape index (κ2) is 9.41. The van der Waals surface area contributed by atoms with Crippen LogP contribution >= 0.6 is 0 Å². The third-order valence-corrected chi connectivity index (χ3v) is 4.03. The first-order valence-electron chi connectivity index (χ1n) is 8.67. The molecule has 0 bridgehead atoms. The third-order valence-electron chi connectivity index (χ3n) is 4.03. The van der Waals surface area contributed by atoms with Crippen molar-refractivity contribution in [2.45, 2.75) is 6.61 Å². The molecule has 0 atom stereocenters. The quantitative estimate of drug-likeness (QED) is 0.448. The van der Waals surface area contributed by atoms with Crippen molar-refractivity contribution in [1.29, 1.82) is 0 Å². The molecule has 0 fully saturated rings. The van der Waals surface area contributed by atoms with Crippen molar-refractivity contribution in [3.63, 3.8) is 0 Å². The normalized spacial score (nSPS) is 10.7. The lowest BCUT2D eigenvalue weighted by Crippen LogP contribution is -2.00. The molecule has 0 amide bonds. The Morgan fingerprint density at radius 2 is 1.71 bits per heavy atom. The molecule has 0 heterocycles. The van der Waals surface area contributed by atoms with Crippen molar-refractivity contribution in [1.82, 2.24) is 0 Å². The number of methoxy groups -OCH3 is 2. The van der Waals surface area contributed by atoms with E-state index >= 15 is 0 Å². The third kappa shape index (κ3) is 5.01. The number of ether oxygens (including phenoxy) is 3. The van der Waals surface area contributed by atoms with Gasteiger partial charge in [0.15, 0.2) is 11.5 Å². The van der Waals surface area contributed by atoms with Gasteiger partial charge in [0.25, 0.3) is 0 Å². The van der Waals surface area contributed by atoms with Gasteiger partial charge in [-0.3, -0.25) is 5.43 Å². The monoisotopic (exact) mass is 380 g/mol. The van der Waals surface area contributed by atoms with Gasteiger partial charge in [-0.05, 0) is 54.1 Å². The predicted molar refractivity (Wildman–Crippen MR) is 108 cm³/mol. The van der Waals surface area contributed by atoms with E-state index in [0.29, 0.717) is 17.1 Å². The summed E-state index contributed by atoms with van der Waals surface area (Å²) in [7, 11) is 3.18. The molecule has 0 aromatic heterocycles. The highest BCUT2D eigenvalue weighted by molar-refractivity contribution is 5.81. The zero-order valence-corrected chi connectivity index (χ0v) is 15.7. The first kappa shape index (κ1) is 19.2.